The van der Waals surface area contributed by atoms with Crippen molar-refractivity contribution >= 4 is 20.3 Å². The summed E-state index contributed by atoms with van der Waals surface area (Å²) in [5.74, 6) is 0. The van der Waals surface area contributed by atoms with Gasteiger partial charge in [-0.1, -0.05) is 0 Å². The molecule has 0 aromatic carbocycles. The summed E-state index contributed by atoms with van der Waals surface area (Å²) in [4.78, 5) is 0. The van der Waals surface area contributed by atoms with Crippen LogP contribution in [0.4, 0.5) is 13.2 Å². The van der Waals surface area contributed by atoms with Crippen molar-refractivity contribution in [1.82, 2.24) is 13.6 Å². The molecule has 126 valence electrons. The molecule has 0 unspecified atom stereocenters. The van der Waals surface area contributed by atoms with Crippen LogP contribution in [0, 0.1) is 0 Å². The number of hydrogen-bond donors (Lipinski definition) is 2. The quantitative estimate of drug-likeness (QED) is 0.400. The summed E-state index contributed by atoms with van der Waals surface area (Å²) in [6.45, 7) is 0.282. The van der Waals surface area contributed by atoms with Crippen LogP contribution in [-0.2, 0) is 27.4 Å². The normalized spacial score (nSPS) is 15.2. The number of halogens is 3. The van der Waals surface area contributed by atoms with Gasteiger partial charge in [-0.05, 0) is 0 Å². The minimum absolute atomic E-state index is 0.282. The van der Waals surface area contributed by atoms with Gasteiger partial charge in [0.1, 0.15) is 19.1 Å². The van der Waals surface area contributed by atoms with Gasteiger partial charge in [-0.2, -0.15) is 30.0 Å². The highest BCUT2D eigenvalue weighted by atomic mass is 32.2. The van der Waals surface area contributed by atoms with Gasteiger partial charge in [0.05, 0.1) is 7.05 Å². The van der Waals surface area contributed by atoms with Crippen molar-refractivity contribution < 1.29 is 39.1 Å². The standard InChI is InChI=1S/C7H11N4O2S.CHF3O3S/c1-9-4-5-11(7-9)14(12,13)10-3-2-8-6-10;2-1(3,4)8(5,6)7/h2-5,7-8H,6H2,1H3;(H,5,6,7)/q+1;. The lowest BCUT2D eigenvalue weighted by atomic mass is 10.9. The molecule has 1 aromatic heterocycles. The van der Waals surface area contributed by atoms with Crippen molar-refractivity contribution in [3.05, 3.63) is 31.1 Å². The predicted molar refractivity (Wildman–Crippen MR) is 66.5 cm³/mol. The van der Waals surface area contributed by atoms with Gasteiger partial charge in [0, 0.05) is 12.4 Å². The molecule has 14 heteroatoms. The molecule has 0 saturated carbocycles. The summed E-state index contributed by atoms with van der Waals surface area (Å²) in [5, 5.41) is 2.80. The van der Waals surface area contributed by atoms with Crippen molar-refractivity contribution in [1.29, 1.82) is 0 Å². The largest absolute Gasteiger partial charge is 0.522 e. The molecule has 2 N–H and O–H groups in total. The van der Waals surface area contributed by atoms with E-state index in [2.05, 4.69) is 5.32 Å². The van der Waals surface area contributed by atoms with Crippen LogP contribution < -0.4 is 9.88 Å². The van der Waals surface area contributed by atoms with E-state index in [1.54, 1.807) is 24.0 Å². The van der Waals surface area contributed by atoms with Crippen molar-refractivity contribution in [2.45, 2.75) is 5.51 Å². The Bertz CT molecular complexity index is 753. The van der Waals surface area contributed by atoms with Crippen molar-refractivity contribution in [3.8, 4) is 0 Å². The zero-order chi connectivity index (χ0) is 17.2. The zero-order valence-corrected chi connectivity index (χ0v) is 12.6. The van der Waals surface area contributed by atoms with Gasteiger partial charge < -0.3 is 5.32 Å². The van der Waals surface area contributed by atoms with E-state index >= 15 is 0 Å². The number of nitrogens with one attached hydrogen (secondary N) is 1. The van der Waals surface area contributed by atoms with Gasteiger partial charge in [0.2, 0.25) is 0 Å². The number of aryl methyl sites for hydroxylation is 1. The highest BCUT2D eigenvalue weighted by Gasteiger charge is 2.44. The van der Waals surface area contributed by atoms with Crippen LogP contribution in [0.15, 0.2) is 31.1 Å². The predicted octanol–water partition coefficient (Wildman–Crippen LogP) is -0.867. The summed E-state index contributed by atoms with van der Waals surface area (Å²) in [6.07, 6.45) is 7.77. The molecule has 0 spiro atoms. The molecule has 9 nitrogen and oxygen atoms in total. The van der Waals surface area contributed by atoms with E-state index in [4.69, 9.17) is 13.0 Å². The fourth-order valence-electron chi connectivity index (χ4n) is 1.17. The van der Waals surface area contributed by atoms with Crippen LogP contribution in [0.2, 0.25) is 0 Å². The van der Waals surface area contributed by atoms with E-state index in [-0.39, 0.29) is 6.67 Å². The highest BCUT2D eigenvalue weighted by molar-refractivity contribution is 7.87. The third kappa shape index (κ3) is 4.35. The first-order valence-corrected chi connectivity index (χ1v) is 8.19. The maximum atomic E-state index is 11.8. The van der Waals surface area contributed by atoms with Crippen LogP contribution in [-0.4, -0.2) is 41.8 Å². The van der Waals surface area contributed by atoms with Crippen LogP contribution >= 0.6 is 0 Å². The second-order valence-electron chi connectivity index (χ2n) is 3.90. The number of rotatable bonds is 2. The lowest BCUT2D eigenvalue weighted by Crippen LogP contribution is -2.33. The van der Waals surface area contributed by atoms with E-state index in [1.807, 2.05) is 0 Å². The number of imidazole rings is 1. The van der Waals surface area contributed by atoms with Gasteiger partial charge in [-0.3, -0.25) is 4.55 Å². The third-order valence-corrected chi connectivity index (χ3v) is 4.38. The van der Waals surface area contributed by atoms with Crippen LogP contribution in [0.3, 0.4) is 0 Å². The number of hydrogen-bond acceptors (Lipinski definition) is 5. The smallest absolute Gasteiger partial charge is 0.372 e. The lowest BCUT2D eigenvalue weighted by molar-refractivity contribution is -0.670. The molecule has 0 bridgehead atoms. The molecular formula is C8H12F3N4O5S2+. The minimum Gasteiger partial charge on any atom is -0.372 e. The van der Waals surface area contributed by atoms with Gasteiger partial charge >= 0.3 is 25.8 Å². The van der Waals surface area contributed by atoms with E-state index in [9.17, 15) is 21.6 Å². The second-order valence-corrected chi connectivity index (χ2v) is 7.10. The molecule has 1 aromatic rings. The van der Waals surface area contributed by atoms with Crippen LogP contribution in [0.5, 0.6) is 0 Å². The zero-order valence-electron chi connectivity index (χ0n) is 11.0. The Balaban J connectivity index is 0.000000261. The average Bonchev–Trinajstić information content (AvgIpc) is 2.97. The molecule has 2 heterocycles. The van der Waals surface area contributed by atoms with E-state index in [0.29, 0.717) is 0 Å². The first kappa shape index (κ1) is 18.2. The van der Waals surface area contributed by atoms with Gasteiger partial charge in [-0.15, -0.1) is 3.97 Å². The Morgan fingerprint density at radius 1 is 1.27 bits per heavy atom. The van der Waals surface area contributed by atoms with Crippen molar-refractivity contribution in [2.24, 2.45) is 7.05 Å². The topological polar surface area (TPSA) is 113 Å². The Labute approximate surface area is 124 Å². The molecule has 2 rings (SSSR count). The number of nitrogens with zero attached hydrogens (tertiary/aromatic N) is 3. The maximum Gasteiger partial charge on any atom is 0.522 e. The fourth-order valence-corrected chi connectivity index (χ4v) is 2.35. The Morgan fingerprint density at radius 3 is 2.14 bits per heavy atom. The number of alkyl halides is 3. The average molecular weight is 365 g/mol. The van der Waals surface area contributed by atoms with Crippen molar-refractivity contribution in [3.63, 3.8) is 0 Å². The monoisotopic (exact) mass is 365 g/mol. The molecule has 1 aliphatic heterocycles. The summed E-state index contributed by atoms with van der Waals surface area (Å²) >= 11 is 0. The van der Waals surface area contributed by atoms with Gasteiger partial charge in [-0.25, -0.2) is 8.87 Å². The van der Waals surface area contributed by atoms with Crippen LogP contribution in [0.1, 0.15) is 0 Å². The Hall–Kier alpha value is -1.80. The molecular weight excluding hydrogens is 353 g/mol. The SMILES string of the molecule is C[n+]1ccn(S(=O)(=O)N2C=CNC2)c1.O=S(=O)(O)C(F)(F)F. The third-order valence-electron chi connectivity index (χ3n) is 2.21. The fraction of sp³-hybridized carbons (Fsp3) is 0.375. The molecule has 0 aliphatic carbocycles. The minimum atomic E-state index is -5.84. The van der Waals surface area contributed by atoms with E-state index in [1.165, 1.54) is 27.0 Å². The molecule has 0 fully saturated rings. The van der Waals surface area contributed by atoms with Crippen molar-refractivity contribution in [2.75, 3.05) is 6.67 Å². The summed E-state index contributed by atoms with van der Waals surface area (Å²) in [6, 6.07) is 0. The first-order chi connectivity index (χ1) is 9.85. The Kier molecular flexibility index (Phi) is 5.09. The Morgan fingerprint density at radius 2 is 1.82 bits per heavy atom. The maximum absolute atomic E-state index is 11.8. The molecule has 0 radical (unpaired) electrons. The highest BCUT2D eigenvalue weighted by Crippen LogP contribution is 2.20. The summed E-state index contributed by atoms with van der Waals surface area (Å²) in [5.41, 5.74) is -5.53. The second kappa shape index (κ2) is 6.13. The summed E-state index contributed by atoms with van der Waals surface area (Å²) < 4.78 is 85.3. The number of aromatic nitrogens is 2. The first-order valence-electron chi connectivity index (χ1n) is 5.35. The van der Waals surface area contributed by atoms with Crippen LogP contribution in [0.25, 0.3) is 0 Å². The summed E-state index contributed by atoms with van der Waals surface area (Å²) in [7, 11) is -7.51. The molecule has 0 atom stereocenters. The van der Waals surface area contributed by atoms with E-state index in [0.717, 1.165) is 0 Å². The van der Waals surface area contributed by atoms with E-state index < -0.39 is 25.8 Å². The van der Waals surface area contributed by atoms with Gasteiger partial charge in [0.15, 0.2) is 0 Å². The lowest BCUT2D eigenvalue weighted by Gasteiger charge is -2.10. The molecule has 22 heavy (non-hydrogen) atoms. The molecule has 0 amide bonds. The van der Waals surface area contributed by atoms with Gasteiger partial charge in [0.25, 0.3) is 6.33 Å². The molecule has 1 aliphatic rings. The molecule has 0 saturated heterocycles.